The largest absolute Gasteiger partial charge is 0.440 e. The zero-order chi connectivity index (χ0) is 19.6. The molecule has 1 N–H and O–H groups in total. The topological polar surface area (TPSA) is 72.2 Å². The maximum Gasteiger partial charge on any atom is 0.273 e. The Morgan fingerprint density at radius 1 is 1.15 bits per heavy atom. The third-order valence-corrected chi connectivity index (χ3v) is 4.33. The number of nitrogens with one attached hydrogen (secondary N) is 1. The Balaban J connectivity index is 1.75. The zero-order valence-electron chi connectivity index (χ0n) is 14.1. The van der Waals surface area contributed by atoms with Crippen LogP contribution in [0.4, 0.5) is 4.39 Å². The number of benzene rings is 2. The van der Waals surface area contributed by atoms with Crippen molar-refractivity contribution in [1.82, 2.24) is 10.3 Å². The minimum Gasteiger partial charge on any atom is -0.440 e. The van der Waals surface area contributed by atoms with Crippen molar-refractivity contribution < 1.29 is 18.4 Å². The first-order valence-corrected chi connectivity index (χ1v) is 8.61. The summed E-state index contributed by atoms with van der Waals surface area (Å²) in [7, 11) is 0. The van der Waals surface area contributed by atoms with Crippen molar-refractivity contribution in [3.8, 4) is 11.5 Å². The molecule has 2 aromatic carbocycles. The van der Waals surface area contributed by atoms with Gasteiger partial charge in [0.1, 0.15) is 11.6 Å². The predicted octanol–water partition coefficient (Wildman–Crippen LogP) is 4.71. The highest BCUT2D eigenvalue weighted by molar-refractivity contribution is 6.33. The normalized spacial score (nSPS) is 10.7. The molecule has 0 aliphatic carbocycles. The Morgan fingerprint density at radius 3 is 2.52 bits per heavy atom. The number of hydrogen-bond acceptors (Lipinski definition) is 4. The number of hydrogen-bond donors (Lipinski definition) is 1. The van der Waals surface area contributed by atoms with Crippen molar-refractivity contribution in [2.75, 3.05) is 6.54 Å². The van der Waals surface area contributed by atoms with Crippen LogP contribution in [0.5, 0.6) is 0 Å². The van der Waals surface area contributed by atoms with E-state index in [0.717, 1.165) is 0 Å². The van der Waals surface area contributed by atoms with E-state index in [1.165, 1.54) is 25.1 Å². The maximum atomic E-state index is 14.0. The number of carbonyl (C=O) groups excluding carboxylic acids is 2. The van der Waals surface area contributed by atoms with Gasteiger partial charge in [0.15, 0.2) is 11.5 Å². The fraction of sp³-hybridized carbons (Fsp3) is 0.105. The lowest BCUT2D eigenvalue weighted by molar-refractivity contribution is 0.0900. The van der Waals surface area contributed by atoms with Crippen LogP contribution < -0.4 is 5.32 Å². The number of amides is 1. The first-order chi connectivity index (χ1) is 12.9. The van der Waals surface area contributed by atoms with Gasteiger partial charge in [0.25, 0.3) is 5.91 Å². The Labute approximate surface area is 164 Å². The van der Waals surface area contributed by atoms with Crippen molar-refractivity contribution in [2.45, 2.75) is 6.92 Å². The minimum absolute atomic E-state index is 0.0291. The Bertz CT molecular complexity index is 996. The number of nitrogens with zero attached hydrogens (tertiary/aromatic N) is 1. The van der Waals surface area contributed by atoms with Crippen LogP contribution in [0.3, 0.4) is 0 Å². The number of aromatic nitrogens is 1. The van der Waals surface area contributed by atoms with Gasteiger partial charge in [-0.15, -0.1) is 0 Å². The third-order valence-electron chi connectivity index (χ3n) is 3.76. The van der Waals surface area contributed by atoms with Crippen molar-refractivity contribution in [2.24, 2.45) is 0 Å². The van der Waals surface area contributed by atoms with Crippen LogP contribution in [0.25, 0.3) is 11.5 Å². The average molecular weight is 407 g/mol. The minimum atomic E-state index is -0.617. The summed E-state index contributed by atoms with van der Waals surface area (Å²) in [6.45, 7) is 1.28. The van der Waals surface area contributed by atoms with Gasteiger partial charge in [-0.25, -0.2) is 9.37 Å². The molecule has 138 valence electrons. The lowest BCUT2D eigenvalue weighted by Crippen LogP contribution is -2.30. The van der Waals surface area contributed by atoms with Gasteiger partial charge >= 0.3 is 0 Å². The Kier molecular flexibility index (Phi) is 5.58. The van der Waals surface area contributed by atoms with Crippen molar-refractivity contribution in [1.29, 1.82) is 0 Å². The molecule has 0 aliphatic rings. The van der Waals surface area contributed by atoms with Gasteiger partial charge in [-0.3, -0.25) is 9.59 Å². The molecule has 3 rings (SSSR count). The smallest absolute Gasteiger partial charge is 0.273 e. The zero-order valence-corrected chi connectivity index (χ0v) is 15.6. The summed E-state index contributed by atoms with van der Waals surface area (Å²) < 4.78 is 19.4. The van der Waals surface area contributed by atoms with E-state index in [2.05, 4.69) is 10.3 Å². The molecular weight excluding hydrogens is 394 g/mol. The van der Waals surface area contributed by atoms with E-state index in [-0.39, 0.29) is 40.3 Å². The fourth-order valence-corrected chi connectivity index (χ4v) is 2.77. The van der Waals surface area contributed by atoms with Crippen LogP contribution in [-0.4, -0.2) is 23.2 Å². The lowest BCUT2D eigenvalue weighted by atomic mass is 10.1. The van der Waals surface area contributed by atoms with Crippen LogP contribution in [0, 0.1) is 12.7 Å². The third kappa shape index (κ3) is 4.18. The van der Waals surface area contributed by atoms with Crippen LogP contribution in [0.15, 0.2) is 46.9 Å². The molecule has 3 aromatic rings. The number of halogens is 3. The summed E-state index contributed by atoms with van der Waals surface area (Å²) in [5.74, 6) is -1.45. The molecule has 0 unspecified atom stereocenters. The van der Waals surface area contributed by atoms with E-state index in [4.69, 9.17) is 27.6 Å². The molecule has 27 heavy (non-hydrogen) atoms. The van der Waals surface area contributed by atoms with Crippen molar-refractivity contribution in [3.05, 3.63) is 75.3 Å². The second-order valence-corrected chi connectivity index (χ2v) is 6.48. The van der Waals surface area contributed by atoms with Gasteiger partial charge in [-0.05, 0) is 43.3 Å². The van der Waals surface area contributed by atoms with E-state index in [0.29, 0.717) is 10.6 Å². The first kappa shape index (κ1) is 19.1. The van der Waals surface area contributed by atoms with Crippen LogP contribution >= 0.6 is 23.2 Å². The number of aryl methyl sites for hydroxylation is 1. The number of carbonyl (C=O) groups is 2. The molecule has 0 fully saturated rings. The van der Waals surface area contributed by atoms with E-state index in [1.807, 2.05) is 0 Å². The second kappa shape index (κ2) is 7.90. The van der Waals surface area contributed by atoms with Crippen LogP contribution in [0.1, 0.15) is 26.6 Å². The molecule has 0 radical (unpaired) electrons. The maximum absolute atomic E-state index is 14.0. The van der Waals surface area contributed by atoms with E-state index in [9.17, 15) is 14.0 Å². The molecule has 5 nitrogen and oxygen atoms in total. The van der Waals surface area contributed by atoms with E-state index < -0.39 is 11.7 Å². The predicted molar refractivity (Wildman–Crippen MR) is 99.8 cm³/mol. The summed E-state index contributed by atoms with van der Waals surface area (Å²) in [5, 5.41) is 3.10. The van der Waals surface area contributed by atoms with Crippen LogP contribution in [0.2, 0.25) is 10.0 Å². The van der Waals surface area contributed by atoms with Gasteiger partial charge in [0.05, 0.1) is 17.1 Å². The molecule has 0 saturated carbocycles. The highest BCUT2D eigenvalue weighted by Gasteiger charge is 2.22. The van der Waals surface area contributed by atoms with Crippen LogP contribution in [-0.2, 0) is 0 Å². The SMILES string of the molecule is Cc1oc(-c2c(F)cccc2Cl)nc1C(=O)NCC(=O)c1ccc(Cl)cc1. The molecule has 1 amide bonds. The highest BCUT2D eigenvalue weighted by Crippen LogP contribution is 2.31. The lowest BCUT2D eigenvalue weighted by Gasteiger charge is -2.03. The molecule has 0 atom stereocenters. The van der Waals surface area contributed by atoms with Gasteiger partial charge < -0.3 is 9.73 Å². The molecule has 0 saturated heterocycles. The Hall–Kier alpha value is -2.70. The molecule has 0 bridgehead atoms. The Morgan fingerprint density at radius 2 is 1.85 bits per heavy atom. The van der Waals surface area contributed by atoms with Gasteiger partial charge in [-0.2, -0.15) is 0 Å². The van der Waals surface area contributed by atoms with E-state index in [1.54, 1.807) is 24.3 Å². The molecular formula is C19H13Cl2FN2O3. The average Bonchev–Trinajstić information content (AvgIpc) is 3.01. The fourth-order valence-electron chi connectivity index (χ4n) is 2.40. The van der Waals surface area contributed by atoms with E-state index >= 15 is 0 Å². The molecule has 1 aromatic heterocycles. The number of ketones is 1. The molecule has 1 heterocycles. The van der Waals surface area contributed by atoms with Crippen molar-refractivity contribution in [3.63, 3.8) is 0 Å². The summed E-state index contributed by atoms with van der Waals surface area (Å²) >= 11 is 11.8. The number of rotatable bonds is 5. The number of oxazole rings is 1. The van der Waals surface area contributed by atoms with Gasteiger partial charge in [0.2, 0.25) is 5.89 Å². The summed E-state index contributed by atoms with van der Waals surface area (Å²) in [5.41, 5.74) is 0.335. The standard InChI is InChI=1S/C19H13Cl2FN2O3/c1-10-17(24-19(27-10)16-13(21)3-2-4-14(16)22)18(26)23-9-15(25)11-5-7-12(20)8-6-11/h2-8H,9H2,1H3,(H,23,26). The van der Waals surface area contributed by atoms with Gasteiger partial charge in [0, 0.05) is 10.6 Å². The summed E-state index contributed by atoms with van der Waals surface area (Å²) in [4.78, 5) is 28.5. The van der Waals surface area contributed by atoms with Gasteiger partial charge in [-0.1, -0.05) is 29.3 Å². The highest BCUT2D eigenvalue weighted by atomic mass is 35.5. The molecule has 0 aliphatic heterocycles. The number of Topliss-reactive ketones (excluding diaryl/α,β-unsaturated/α-hetero) is 1. The monoisotopic (exact) mass is 406 g/mol. The van der Waals surface area contributed by atoms with Crippen molar-refractivity contribution >= 4 is 34.9 Å². The molecule has 0 spiro atoms. The first-order valence-electron chi connectivity index (χ1n) is 7.85. The molecule has 8 heteroatoms. The summed E-state index contributed by atoms with van der Waals surface area (Å²) in [6, 6.07) is 10.5. The summed E-state index contributed by atoms with van der Waals surface area (Å²) in [6.07, 6.45) is 0. The second-order valence-electron chi connectivity index (χ2n) is 5.63. The quantitative estimate of drug-likeness (QED) is 0.622.